The van der Waals surface area contributed by atoms with Crippen molar-refractivity contribution in [2.24, 2.45) is 0 Å². The van der Waals surface area contributed by atoms with Crippen LogP contribution in [0.2, 0.25) is 0 Å². The quantitative estimate of drug-likeness (QED) is 0.802. The zero-order valence-corrected chi connectivity index (χ0v) is 15.1. The molecule has 7 heteroatoms. The number of fused-ring (bicyclic) bond motifs is 1. The zero-order valence-electron chi connectivity index (χ0n) is 14.3. The SMILES string of the molecule is C=C(C)COc1c(OC)cccc1[C@H]1CC(=O)NCc2nc(N)sc21. The number of ether oxygens (including phenoxy) is 2. The van der Waals surface area contributed by atoms with Gasteiger partial charge in [0.25, 0.3) is 0 Å². The number of nitrogen functional groups attached to an aromatic ring is 1. The minimum atomic E-state index is -0.178. The number of nitrogens with zero attached hydrogens (tertiary/aromatic N) is 1. The minimum absolute atomic E-state index is 0.0255. The monoisotopic (exact) mass is 359 g/mol. The number of amides is 1. The molecule has 2 aromatic rings. The molecule has 1 aromatic heterocycles. The second-order valence-electron chi connectivity index (χ2n) is 6.02. The first-order valence-corrected chi connectivity index (χ1v) is 8.77. The van der Waals surface area contributed by atoms with E-state index in [0.717, 1.165) is 21.7 Å². The molecule has 132 valence electrons. The Morgan fingerprint density at radius 1 is 1.52 bits per heavy atom. The molecule has 1 amide bonds. The number of benzene rings is 1. The van der Waals surface area contributed by atoms with Gasteiger partial charge in [-0.05, 0) is 18.6 Å². The molecule has 0 spiro atoms. The van der Waals surface area contributed by atoms with E-state index in [1.54, 1.807) is 7.11 Å². The fourth-order valence-corrected chi connectivity index (χ4v) is 3.85. The molecule has 0 unspecified atom stereocenters. The van der Waals surface area contributed by atoms with Gasteiger partial charge in [0.05, 0.1) is 19.3 Å². The average Bonchev–Trinajstić information content (AvgIpc) is 2.89. The molecule has 0 aliphatic carbocycles. The summed E-state index contributed by atoms with van der Waals surface area (Å²) in [5.74, 6) is 1.05. The molecule has 3 rings (SSSR count). The number of rotatable bonds is 5. The molecule has 1 aliphatic rings. The van der Waals surface area contributed by atoms with Crippen molar-refractivity contribution in [2.45, 2.75) is 25.8 Å². The molecule has 0 bridgehead atoms. The van der Waals surface area contributed by atoms with Crippen molar-refractivity contribution >= 4 is 22.4 Å². The molecule has 1 atom stereocenters. The van der Waals surface area contributed by atoms with Crippen molar-refractivity contribution in [3.8, 4) is 11.5 Å². The van der Waals surface area contributed by atoms with Crippen molar-refractivity contribution in [2.75, 3.05) is 19.5 Å². The summed E-state index contributed by atoms with van der Waals surface area (Å²) in [6, 6.07) is 5.70. The van der Waals surface area contributed by atoms with Gasteiger partial charge in [0.15, 0.2) is 16.6 Å². The maximum Gasteiger partial charge on any atom is 0.221 e. The van der Waals surface area contributed by atoms with Crippen LogP contribution in [0, 0.1) is 0 Å². The Labute approximate surface area is 150 Å². The van der Waals surface area contributed by atoms with E-state index in [2.05, 4.69) is 16.9 Å². The summed E-state index contributed by atoms with van der Waals surface area (Å²) in [6.07, 6.45) is 0.311. The summed E-state index contributed by atoms with van der Waals surface area (Å²) >= 11 is 1.42. The summed E-state index contributed by atoms with van der Waals surface area (Å²) in [4.78, 5) is 17.6. The van der Waals surface area contributed by atoms with E-state index in [-0.39, 0.29) is 11.8 Å². The Hall–Kier alpha value is -2.54. The molecule has 1 aromatic carbocycles. The number of hydrogen-bond acceptors (Lipinski definition) is 6. The number of nitrogens with two attached hydrogens (primary N) is 1. The van der Waals surface area contributed by atoms with E-state index >= 15 is 0 Å². The molecule has 0 saturated carbocycles. The standard InChI is InChI=1S/C18H21N3O3S/c1-10(2)9-24-16-11(5-4-6-14(16)23-3)12-7-15(22)20-8-13-17(12)25-18(19)21-13/h4-6,12H,1,7-9H2,2-3H3,(H2,19,21)(H,20,22)/t12-/m1/s1. The van der Waals surface area contributed by atoms with Crippen LogP contribution in [-0.4, -0.2) is 24.6 Å². The topological polar surface area (TPSA) is 86.5 Å². The van der Waals surface area contributed by atoms with Gasteiger partial charge < -0.3 is 20.5 Å². The molecule has 3 N–H and O–H groups in total. The van der Waals surface area contributed by atoms with Crippen molar-refractivity contribution in [3.63, 3.8) is 0 Å². The zero-order chi connectivity index (χ0) is 18.0. The first kappa shape index (κ1) is 17.3. The third-order valence-electron chi connectivity index (χ3n) is 3.97. The highest BCUT2D eigenvalue weighted by molar-refractivity contribution is 7.15. The largest absolute Gasteiger partial charge is 0.493 e. The molecule has 0 radical (unpaired) electrons. The van der Waals surface area contributed by atoms with Crippen LogP contribution in [0.3, 0.4) is 0 Å². The molecule has 0 fully saturated rings. The lowest BCUT2D eigenvalue weighted by Crippen LogP contribution is -2.21. The van der Waals surface area contributed by atoms with Gasteiger partial charge in [0.2, 0.25) is 5.91 Å². The number of carbonyl (C=O) groups is 1. The summed E-state index contributed by atoms with van der Waals surface area (Å²) < 4.78 is 11.4. The Kier molecular flexibility index (Phi) is 4.94. The van der Waals surface area contributed by atoms with Gasteiger partial charge in [0, 0.05) is 22.8 Å². The molecular weight excluding hydrogens is 338 g/mol. The van der Waals surface area contributed by atoms with Gasteiger partial charge in [-0.25, -0.2) is 4.98 Å². The van der Waals surface area contributed by atoms with E-state index in [1.165, 1.54) is 11.3 Å². The first-order valence-electron chi connectivity index (χ1n) is 7.95. The van der Waals surface area contributed by atoms with Crippen LogP contribution in [0.1, 0.15) is 35.4 Å². The van der Waals surface area contributed by atoms with Crippen molar-refractivity contribution in [1.82, 2.24) is 10.3 Å². The summed E-state index contributed by atoms with van der Waals surface area (Å²) in [5.41, 5.74) is 8.51. The number of nitrogens with one attached hydrogen (secondary N) is 1. The maximum atomic E-state index is 12.2. The summed E-state index contributed by atoms with van der Waals surface area (Å²) in [6.45, 7) is 6.55. The predicted molar refractivity (Wildman–Crippen MR) is 98.1 cm³/mol. The number of aromatic nitrogens is 1. The molecule has 0 saturated heterocycles. The van der Waals surface area contributed by atoms with Crippen LogP contribution in [0.4, 0.5) is 5.13 Å². The number of thiazole rings is 1. The Morgan fingerprint density at radius 2 is 2.32 bits per heavy atom. The van der Waals surface area contributed by atoms with E-state index in [9.17, 15) is 4.79 Å². The lowest BCUT2D eigenvalue weighted by molar-refractivity contribution is -0.121. The number of carbonyl (C=O) groups excluding carboxylic acids is 1. The first-order chi connectivity index (χ1) is 12.0. The van der Waals surface area contributed by atoms with Crippen LogP contribution in [-0.2, 0) is 11.3 Å². The minimum Gasteiger partial charge on any atom is -0.493 e. The Morgan fingerprint density at radius 3 is 3.04 bits per heavy atom. The van der Waals surface area contributed by atoms with Gasteiger partial charge in [0.1, 0.15) is 6.61 Å². The smallest absolute Gasteiger partial charge is 0.221 e. The number of hydrogen-bond donors (Lipinski definition) is 2. The Bertz CT molecular complexity index is 816. The third-order valence-corrected chi connectivity index (χ3v) is 5.01. The van der Waals surface area contributed by atoms with Crippen LogP contribution in [0.5, 0.6) is 11.5 Å². The average molecular weight is 359 g/mol. The number of para-hydroxylation sites is 1. The fourth-order valence-electron chi connectivity index (χ4n) is 2.88. The fraction of sp³-hybridized carbons (Fsp3) is 0.333. The molecule has 25 heavy (non-hydrogen) atoms. The van der Waals surface area contributed by atoms with Gasteiger partial charge in [-0.3, -0.25) is 4.79 Å². The number of anilines is 1. The van der Waals surface area contributed by atoms with Crippen LogP contribution in [0.25, 0.3) is 0 Å². The summed E-state index contributed by atoms with van der Waals surface area (Å²) in [7, 11) is 1.60. The van der Waals surface area contributed by atoms with E-state index < -0.39 is 0 Å². The molecule has 1 aliphatic heterocycles. The van der Waals surface area contributed by atoms with E-state index in [4.69, 9.17) is 15.2 Å². The van der Waals surface area contributed by atoms with Crippen LogP contribution in [0.15, 0.2) is 30.4 Å². The highest BCUT2D eigenvalue weighted by Gasteiger charge is 2.30. The van der Waals surface area contributed by atoms with Gasteiger partial charge >= 0.3 is 0 Å². The molecular formula is C18H21N3O3S. The Balaban J connectivity index is 2.10. The highest BCUT2D eigenvalue weighted by Crippen LogP contribution is 2.44. The normalized spacial score (nSPS) is 16.6. The predicted octanol–water partition coefficient (Wildman–Crippen LogP) is 2.84. The third kappa shape index (κ3) is 3.61. The molecule has 6 nitrogen and oxygen atoms in total. The lowest BCUT2D eigenvalue weighted by atomic mass is 9.92. The van der Waals surface area contributed by atoms with Crippen molar-refractivity contribution in [1.29, 1.82) is 0 Å². The van der Waals surface area contributed by atoms with Crippen molar-refractivity contribution in [3.05, 3.63) is 46.5 Å². The van der Waals surface area contributed by atoms with Gasteiger partial charge in [-0.15, -0.1) is 11.3 Å². The second-order valence-corrected chi connectivity index (χ2v) is 7.08. The second kappa shape index (κ2) is 7.14. The van der Waals surface area contributed by atoms with Gasteiger partial charge in [-0.1, -0.05) is 18.7 Å². The highest BCUT2D eigenvalue weighted by atomic mass is 32.1. The number of methoxy groups -OCH3 is 1. The maximum absolute atomic E-state index is 12.2. The van der Waals surface area contributed by atoms with Gasteiger partial charge in [-0.2, -0.15) is 0 Å². The van der Waals surface area contributed by atoms with Crippen LogP contribution >= 0.6 is 11.3 Å². The van der Waals surface area contributed by atoms with E-state index in [0.29, 0.717) is 36.2 Å². The summed E-state index contributed by atoms with van der Waals surface area (Å²) in [5, 5.41) is 3.37. The van der Waals surface area contributed by atoms with Crippen LogP contribution < -0.4 is 20.5 Å². The van der Waals surface area contributed by atoms with E-state index in [1.807, 2.05) is 25.1 Å². The van der Waals surface area contributed by atoms with Crippen molar-refractivity contribution < 1.29 is 14.3 Å². The lowest BCUT2D eigenvalue weighted by Gasteiger charge is -2.20. The molecule has 2 heterocycles.